The molecule has 3 aromatic rings. The van der Waals surface area contributed by atoms with E-state index >= 15 is 0 Å². The van der Waals surface area contributed by atoms with Crippen LogP contribution >= 0.6 is 23.2 Å². The van der Waals surface area contributed by atoms with Crippen molar-refractivity contribution in [2.45, 2.75) is 6.54 Å². The highest BCUT2D eigenvalue weighted by Crippen LogP contribution is 2.25. The number of hydrogen-bond donors (Lipinski definition) is 2. The van der Waals surface area contributed by atoms with E-state index in [9.17, 15) is 4.79 Å². The third-order valence-electron chi connectivity index (χ3n) is 3.70. The molecular weight excluding hydrogens is 357 g/mol. The van der Waals surface area contributed by atoms with Crippen LogP contribution < -0.4 is 11.1 Å². The van der Waals surface area contributed by atoms with Gasteiger partial charge in [-0.1, -0.05) is 41.4 Å². The largest absolute Gasteiger partial charge is 0.380 e. The topological polar surface area (TPSA) is 68.0 Å². The lowest BCUT2D eigenvalue weighted by Crippen LogP contribution is -2.10. The molecule has 0 spiro atoms. The minimum absolute atomic E-state index is 0.455. The van der Waals surface area contributed by atoms with Crippen molar-refractivity contribution in [3.05, 3.63) is 82.1 Å². The molecule has 0 aliphatic carbocycles. The van der Waals surface area contributed by atoms with Crippen LogP contribution in [0.15, 0.2) is 60.9 Å². The van der Waals surface area contributed by atoms with Crippen LogP contribution in [0.5, 0.6) is 0 Å². The number of benzene rings is 2. The highest BCUT2D eigenvalue weighted by Gasteiger charge is 2.05. The third-order valence-corrected chi connectivity index (χ3v) is 4.44. The van der Waals surface area contributed by atoms with E-state index in [1.807, 2.05) is 24.3 Å². The molecule has 3 N–H and O–H groups in total. The molecule has 1 aromatic heterocycles. The van der Waals surface area contributed by atoms with Crippen molar-refractivity contribution in [2.24, 2.45) is 5.73 Å². The Morgan fingerprint density at radius 2 is 1.84 bits per heavy atom. The third kappa shape index (κ3) is 4.29. The van der Waals surface area contributed by atoms with Gasteiger partial charge in [-0.3, -0.25) is 9.78 Å². The van der Waals surface area contributed by atoms with Crippen molar-refractivity contribution < 1.29 is 4.79 Å². The Bertz CT molecular complexity index is 928. The Morgan fingerprint density at radius 3 is 2.60 bits per heavy atom. The molecule has 0 aliphatic heterocycles. The SMILES string of the molecule is NC(=O)c1cccc(-c2cncc(NCc3ccc(Cl)c(Cl)c3)c2)c1. The highest BCUT2D eigenvalue weighted by atomic mass is 35.5. The number of rotatable bonds is 5. The predicted octanol–water partition coefficient (Wildman–Crippen LogP) is 4.77. The lowest BCUT2D eigenvalue weighted by molar-refractivity contribution is 0.100. The van der Waals surface area contributed by atoms with Gasteiger partial charge in [0.25, 0.3) is 0 Å². The number of pyridine rings is 1. The lowest BCUT2D eigenvalue weighted by Gasteiger charge is -2.09. The lowest BCUT2D eigenvalue weighted by atomic mass is 10.0. The van der Waals surface area contributed by atoms with Gasteiger partial charge in [0, 0.05) is 30.1 Å². The first kappa shape index (κ1) is 17.3. The zero-order chi connectivity index (χ0) is 17.8. The van der Waals surface area contributed by atoms with Crippen LogP contribution in [0.4, 0.5) is 5.69 Å². The number of nitrogens with two attached hydrogens (primary N) is 1. The minimum atomic E-state index is -0.455. The first-order valence-corrected chi connectivity index (χ1v) is 8.31. The maximum absolute atomic E-state index is 11.3. The summed E-state index contributed by atoms with van der Waals surface area (Å²) in [5, 5.41) is 4.35. The van der Waals surface area contributed by atoms with Gasteiger partial charge in [0.05, 0.1) is 15.7 Å². The number of hydrogen-bond acceptors (Lipinski definition) is 3. The second kappa shape index (κ2) is 7.55. The molecule has 1 heterocycles. The monoisotopic (exact) mass is 371 g/mol. The number of carbonyl (C=O) groups is 1. The summed E-state index contributed by atoms with van der Waals surface area (Å²) < 4.78 is 0. The van der Waals surface area contributed by atoms with Crippen LogP contribution in [0.3, 0.4) is 0 Å². The normalized spacial score (nSPS) is 10.5. The summed E-state index contributed by atoms with van der Waals surface area (Å²) in [4.78, 5) is 15.6. The zero-order valence-electron chi connectivity index (χ0n) is 13.2. The standard InChI is InChI=1S/C19H15Cl2N3O/c20-17-5-4-12(6-18(17)21)9-24-16-8-15(10-23-11-16)13-2-1-3-14(7-13)19(22)25/h1-8,10-11,24H,9H2,(H2,22,25). The van der Waals surface area contributed by atoms with Crippen molar-refractivity contribution in [2.75, 3.05) is 5.32 Å². The van der Waals surface area contributed by atoms with E-state index in [0.717, 1.165) is 22.4 Å². The average molecular weight is 372 g/mol. The molecule has 0 radical (unpaired) electrons. The van der Waals surface area contributed by atoms with Gasteiger partial charge in [0.2, 0.25) is 5.91 Å². The quantitative estimate of drug-likeness (QED) is 0.678. The van der Waals surface area contributed by atoms with Gasteiger partial charge in [-0.25, -0.2) is 0 Å². The fraction of sp³-hybridized carbons (Fsp3) is 0.0526. The first-order valence-electron chi connectivity index (χ1n) is 7.56. The van der Waals surface area contributed by atoms with Crippen molar-refractivity contribution in [3.63, 3.8) is 0 Å². The highest BCUT2D eigenvalue weighted by molar-refractivity contribution is 6.42. The smallest absolute Gasteiger partial charge is 0.248 e. The summed E-state index contributed by atoms with van der Waals surface area (Å²) in [5.74, 6) is -0.455. The van der Waals surface area contributed by atoms with E-state index in [1.54, 1.807) is 36.7 Å². The van der Waals surface area contributed by atoms with Gasteiger partial charge in [-0.2, -0.15) is 0 Å². The Kier molecular flexibility index (Phi) is 5.22. The van der Waals surface area contributed by atoms with Crippen LogP contribution in [0.25, 0.3) is 11.1 Å². The molecular formula is C19H15Cl2N3O. The van der Waals surface area contributed by atoms with E-state index in [4.69, 9.17) is 28.9 Å². The van der Waals surface area contributed by atoms with Crippen molar-refractivity contribution in [3.8, 4) is 11.1 Å². The van der Waals surface area contributed by atoms with Crippen LogP contribution in [0.2, 0.25) is 10.0 Å². The van der Waals surface area contributed by atoms with Gasteiger partial charge >= 0.3 is 0 Å². The molecule has 25 heavy (non-hydrogen) atoms. The summed E-state index contributed by atoms with van der Waals surface area (Å²) in [6.45, 7) is 0.587. The second-order valence-corrected chi connectivity index (χ2v) is 6.32. The Labute approximate surface area is 155 Å². The fourth-order valence-corrected chi connectivity index (χ4v) is 2.72. The Morgan fingerprint density at radius 1 is 1.00 bits per heavy atom. The zero-order valence-corrected chi connectivity index (χ0v) is 14.7. The number of aromatic nitrogens is 1. The molecule has 4 nitrogen and oxygen atoms in total. The fourth-order valence-electron chi connectivity index (χ4n) is 2.40. The van der Waals surface area contributed by atoms with Crippen molar-refractivity contribution in [1.82, 2.24) is 4.98 Å². The molecule has 0 saturated heterocycles. The van der Waals surface area contributed by atoms with Crippen LogP contribution in [-0.4, -0.2) is 10.9 Å². The van der Waals surface area contributed by atoms with Crippen molar-refractivity contribution >= 4 is 34.8 Å². The molecule has 6 heteroatoms. The molecule has 2 aromatic carbocycles. The number of amides is 1. The van der Waals surface area contributed by atoms with Crippen molar-refractivity contribution in [1.29, 1.82) is 0 Å². The van der Waals surface area contributed by atoms with Gasteiger partial charge in [0.15, 0.2) is 0 Å². The summed E-state index contributed by atoms with van der Waals surface area (Å²) in [5.41, 5.74) is 9.44. The molecule has 126 valence electrons. The molecule has 0 aliphatic rings. The van der Waals surface area contributed by atoms with E-state index in [1.165, 1.54) is 0 Å². The van der Waals surface area contributed by atoms with E-state index < -0.39 is 5.91 Å². The maximum Gasteiger partial charge on any atom is 0.248 e. The number of nitrogens with one attached hydrogen (secondary N) is 1. The summed E-state index contributed by atoms with van der Waals surface area (Å²) in [6, 6.07) is 14.6. The molecule has 3 rings (SSSR count). The van der Waals surface area contributed by atoms with Gasteiger partial charge < -0.3 is 11.1 Å². The van der Waals surface area contributed by atoms with Crippen LogP contribution in [0, 0.1) is 0 Å². The number of carbonyl (C=O) groups excluding carboxylic acids is 1. The molecule has 0 fully saturated rings. The second-order valence-electron chi connectivity index (χ2n) is 5.51. The van der Waals surface area contributed by atoms with E-state index in [2.05, 4.69) is 10.3 Å². The first-order chi connectivity index (χ1) is 12.0. The maximum atomic E-state index is 11.3. The number of anilines is 1. The average Bonchev–Trinajstić information content (AvgIpc) is 2.63. The van der Waals surface area contributed by atoms with E-state index in [-0.39, 0.29) is 0 Å². The number of halogens is 2. The number of nitrogens with zero attached hydrogens (tertiary/aromatic N) is 1. The van der Waals surface area contributed by atoms with Gasteiger partial charge in [-0.05, 0) is 41.5 Å². The molecule has 0 atom stereocenters. The Hall–Kier alpha value is -2.56. The molecule has 0 bridgehead atoms. The Balaban J connectivity index is 1.78. The van der Waals surface area contributed by atoms with E-state index in [0.29, 0.717) is 22.2 Å². The summed E-state index contributed by atoms with van der Waals surface area (Å²) in [6.07, 6.45) is 3.48. The predicted molar refractivity (Wildman–Crippen MR) is 102 cm³/mol. The molecule has 1 amide bonds. The minimum Gasteiger partial charge on any atom is -0.380 e. The van der Waals surface area contributed by atoms with Crippen LogP contribution in [0.1, 0.15) is 15.9 Å². The molecule has 0 unspecified atom stereocenters. The summed E-state index contributed by atoms with van der Waals surface area (Å²) in [7, 11) is 0. The van der Waals surface area contributed by atoms with Crippen LogP contribution in [-0.2, 0) is 6.54 Å². The summed E-state index contributed by atoms with van der Waals surface area (Å²) >= 11 is 12.0. The van der Waals surface area contributed by atoms with Gasteiger partial charge in [-0.15, -0.1) is 0 Å². The number of primary amides is 1. The molecule has 0 saturated carbocycles. The van der Waals surface area contributed by atoms with Gasteiger partial charge in [0.1, 0.15) is 0 Å².